The molecule has 5 heteroatoms. The predicted octanol–water partition coefficient (Wildman–Crippen LogP) is 5.44. The molecule has 0 bridgehead atoms. The van der Waals surface area contributed by atoms with Crippen molar-refractivity contribution in [1.29, 1.82) is 0 Å². The number of piperidine rings is 1. The average molecular weight is 405 g/mol. The molecule has 1 aliphatic rings. The molecule has 1 fully saturated rings. The minimum atomic E-state index is 0.119. The predicted molar refractivity (Wildman–Crippen MR) is 114 cm³/mol. The first-order valence-electron chi connectivity index (χ1n) is 9.61. The Bertz CT molecular complexity index is 738. The maximum absolute atomic E-state index is 13.2. The van der Waals surface area contributed by atoms with Crippen LogP contribution in [0.15, 0.2) is 48.5 Å². The van der Waals surface area contributed by atoms with Crippen molar-refractivity contribution in [3.05, 3.63) is 64.1 Å². The van der Waals surface area contributed by atoms with Crippen LogP contribution in [0.25, 0.3) is 0 Å². The van der Waals surface area contributed by atoms with Gasteiger partial charge in [-0.25, -0.2) is 0 Å². The third kappa shape index (κ3) is 5.47. The van der Waals surface area contributed by atoms with Crippen LogP contribution in [0.5, 0.6) is 0 Å². The molecular formula is C22H26Cl2N2O. The van der Waals surface area contributed by atoms with Gasteiger partial charge in [-0.1, -0.05) is 42.3 Å². The lowest BCUT2D eigenvalue weighted by Gasteiger charge is -2.38. The van der Waals surface area contributed by atoms with E-state index in [2.05, 4.69) is 11.8 Å². The Morgan fingerprint density at radius 2 is 1.56 bits per heavy atom. The zero-order valence-electron chi connectivity index (χ0n) is 15.7. The second-order valence-electron chi connectivity index (χ2n) is 7.12. The van der Waals surface area contributed by atoms with Crippen LogP contribution in [-0.2, 0) is 11.2 Å². The summed E-state index contributed by atoms with van der Waals surface area (Å²) in [7, 11) is 0. The highest BCUT2D eigenvalue weighted by molar-refractivity contribution is 6.30. The summed E-state index contributed by atoms with van der Waals surface area (Å²) in [5.41, 5.74) is 1.90. The van der Waals surface area contributed by atoms with Gasteiger partial charge in [0.25, 0.3) is 0 Å². The molecule has 27 heavy (non-hydrogen) atoms. The van der Waals surface area contributed by atoms with Crippen molar-refractivity contribution in [3.8, 4) is 0 Å². The van der Waals surface area contributed by atoms with Crippen LogP contribution < -0.4 is 4.90 Å². The van der Waals surface area contributed by atoms with E-state index in [1.54, 1.807) is 0 Å². The summed E-state index contributed by atoms with van der Waals surface area (Å²) in [4.78, 5) is 17.7. The van der Waals surface area contributed by atoms with Gasteiger partial charge < -0.3 is 9.80 Å². The summed E-state index contributed by atoms with van der Waals surface area (Å²) in [5, 5.41) is 1.37. The van der Waals surface area contributed by atoms with Crippen molar-refractivity contribution in [2.24, 2.45) is 0 Å². The number of anilines is 1. The summed E-state index contributed by atoms with van der Waals surface area (Å²) in [6, 6.07) is 15.3. The first-order valence-corrected chi connectivity index (χ1v) is 10.4. The van der Waals surface area contributed by atoms with E-state index in [9.17, 15) is 4.79 Å². The van der Waals surface area contributed by atoms with Crippen LogP contribution in [0.1, 0.15) is 31.7 Å². The van der Waals surface area contributed by atoms with E-state index in [-0.39, 0.29) is 11.9 Å². The fourth-order valence-electron chi connectivity index (χ4n) is 3.74. The highest BCUT2D eigenvalue weighted by Gasteiger charge is 2.29. The molecule has 3 rings (SSSR count). The third-order valence-electron chi connectivity index (χ3n) is 5.10. The molecule has 0 saturated carbocycles. The van der Waals surface area contributed by atoms with Gasteiger partial charge in [0.2, 0.25) is 5.91 Å². The molecule has 144 valence electrons. The second kappa shape index (κ2) is 9.59. The Kier molecular flexibility index (Phi) is 7.17. The number of hydrogen-bond donors (Lipinski definition) is 0. The lowest BCUT2D eigenvalue weighted by atomic mass is 10.0. The molecule has 3 nitrogen and oxygen atoms in total. The number of rotatable bonds is 6. The van der Waals surface area contributed by atoms with Crippen LogP contribution in [0, 0.1) is 0 Å². The lowest BCUT2D eigenvalue weighted by molar-refractivity contribution is -0.118. The smallest absolute Gasteiger partial charge is 0.231 e. The van der Waals surface area contributed by atoms with Crippen molar-refractivity contribution >= 4 is 34.8 Å². The van der Waals surface area contributed by atoms with E-state index in [1.165, 1.54) is 6.42 Å². The van der Waals surface area contributed by atoms with Crippen molar-refractivity contribution in [2.45, 2.75) is 38.6 Å². The van der Waals surface area contributed by atoms with Gasteiger partial charge in [-0.2, -0.15) is 0 Å². The molecule has 0 unspecified atom stereocenters. The van der Waals surface area contributed by atoms with Crippen LogP contribution in [0.4, 0.5) is 5.69 Å². The number of likely N-dealkylation sites (tertiary alicyclic amines) is 1. The lowest BCUT2D eigenvalue weighted by Crippen LogP contribution is -2.48. The van der Waals surface area contributed by atoms with Gasteiger partial charge in [0.05, 0.1) is 6.42 Å². The van der Waals surface area contributed by atoms with Crippen molar-refractivity contribution in [2.75, 3.05) is 24.5 Å². The van der Waals surface area contributed by atoms with Crippen LogP contribution >= 0.6 is 23.2 Å². The molecule has 0 aliphatic carbocycles. The number of nitrogens with zero attached hydrogens (tertiary/aromatic N) is 2. The summed E-state index contributed by atoms with van der Waals surface area (Å²) >= 11 is 12.0. The van der Waals surface area contributed by atoms with Gasteiger partial charge in [-0.3, -0.25) is 4.79 Å². The van der Waals surface area contributed by atoms with Gasteiger partial charge in [0, 0.05) is 34.9 Å². The maximum Gasteiger partial charge on any atom is 0.231 e. The minimum absolute atomic E-state index is 0.119. The number of carbonyl (C=O) groups excluding carboxylic acids is 1. The summed E-state index contributed by atoms with van der Waals surface area (Å²) in [5.74, 6) is 0.119. The molecule has 1 saturated heterocycles. The molecule has 0 N–H and O–H groups in total. The molecule has 0 spiro atoms. The van der Waals surface area contributed by atoms with Crippen LogP contribution in [-0.4, -0.2) is 36.5 Å². The molecule has 0 aromatic heterocycles. The van der Waals surface area contributed by atoms with Crippen molar-refractivity contribution in [1.82, 2.24) is 4.90 Å². The number of amides is 1. The van der Waals surface area contributed by atoms with Gasteiger partial charge in [-0.05, 0) is 67.8 Å². The maximum atomic E-state index is 13.2. The van der Waals surface area contributed by atoms with E-state index in [0.717, 1.165) is 43.7 Å². The number of benzene rings is 2. The summed E-state index contributed by atoms with van der Waals surface area (Å²) in [6.45, 7) is 5.42. The minimum Gasteiger partial charge on any atom is -0.309 e. The molecule has 2 aromatic carbocycles. The quantitative estimate of drug-likeness (QED) is 0.639. The first-order chi connectivity index (χ1) is 13.1. The normalized spacial score (nSPS) is 15.7. The Hall–Kier alpha value is -1.55. The number of carbonyl (C=O) groups is 1. The summed E-state index contributed by atoms with van der Waals surface area (Å²) in [6.07, 6.45) is 3.53. The number of halogens is 2. The average Bonchev–Trinajstić information content (AvgIpc) is 2.67. The zero-order chi connectivity index (χ0) is 19.2. The second-order valence-corrected chi connectivity index (χ2v) is 7.99. The van der Waals surface area contributed by atoms with E-state index >= 15 is 0 Å². The van der Waals surface area contributed by atoms with Crippen molar-refractivity contribution in [3.63, 3.8) is 0 Å². The largest absolute Gasteiger partial charge is 0.309 e. The fourth-order valence-corrected chi connectivity index (χ4v) is 3.99. The van der Waals surface area contributed by atoms with Gasteiger partial charge in [0.1, 0.15) is 0 Å². The Labute approximate surface area is 171 Å². The van der Waals surface area contributed by atoms with E-state index in [4.69, 9.17) is 23.2 Å². The molecule has 1 aliphatic heterocycles. The highest BCUT2D eigenvalue weighted by Crippen LogP contribution is 2.26. The Morgan fingerprint density at radius 1 is 1.00 bits per heavy atom. The van der Waals surface area contributed by atoms with Crippen LogP contribution in [0.2, 0.25) is 10.0 Å². The summed E-state index contributed by atoms with van der Waals surface area (Å²) < 4.78 is 0. The van der Waals surface area contributed by atoms with Gasteiger partial charge >= 0.3 is 0 Å². The van der Waals surface area contributed by atoms with Crippen molar-refractivity contribution < 1.29 is 4.79 Å². The molecule has 0 atom stereocenters. The number of hydrogen-bond acceptors (Lipinski definition) is 2. The van der Waals surface area contributed by atoms with E-state index in [1.807, 2.05) is 53.4 Å². The topological polar surface area (TPSA) is 23.6 Å². The van der Waals surface area contributed by atoms with E-state index < -0.39 is 0 Å². The molecule has 1 amide bonds. The molecule has 1 heterocycles. The Balaban J connectivity index is 1.78. The van der Waals surface area contributed by atoms with Gasteiger partial charge in [-0.15, -0.1) is 0 Å². The monoisotopic (exact) mass is 404 g/mol. The first kappa shape index (κ1) is 20.2. The standard InChI is InChI=1S/C22H26Cl2N2O/c1-2-13-25-14-11-21(12-15-25)26(20-9-7-19(24)8-10-20)22(27)16-17-3-5-18(23)6-4-17/h3-10,21H,2,11-16H2,1H3. The zero-order valence-corrected chi connectivity index (χ0v) is 17.2. The van der Waals surface area contributed by atoms with Gasteiger partial charge in [0.15, 0.2) is 0 Å². The molecule has 0 radical (unpaired) electrons. The van der Waals surface area contributed by atoms with E-state index in [0.29, 0.717) is 16.5 Å². The Morgan fingerprint density at radius 3 is 2.11 bits per heavy atom. The third-order valence-corrected chi connectivity index (χ3v) is 5.61. The highest BCUT2D eigenvalue weighted by atomic mass is 35.5. The molecular weight excluding hydrogens is 379 g/mol. The fraction of sp³-hybridized carbons (Fsp3) is 0.409. The van der Waals surface area contributed by atoms with Crippen LogP contribution in [0.3, 0.4) is 0 Å². The SMILES string of the molecule is CCCN1CCC(N(C(=O)Cc2ccc(Cl)cc2)c2ccc(Cl)cc2)CC1. The molecule has 2 aromatic rings.